The van der Waals surface area contributed by atoms with Gasteiger partial charge in [-0.15, -0.1) is 0 Å². The fourth-order valence-electron chi connectivity index (χ4n) is 1.52. The number of nitrogens with one attached hydrogen (secondary N) is 1. The molecule has 1 rings (SSSR count). The minimum absolute atomic E-state index is 0.335. The molecule has 102 valence electrons. The zero-order valence-electron chi connectivity index (χ0n) is 11.1. The topological polar surface area (TPSA) is 82.3 Å². The zero-order chi connectivity index (χ0) is 13.2. The van der Waals surface area contributed by atoms with Crippen molar-refractivity contribution in [3.63, 3.8) is 0 Å². The van der Waals surface area contributed by atoms with E-state index in [1.807, 2.05) is 0 Å². The van der Waals surface area contributed by atoms with Gasteiger partial charge in [0.2, 0.25) is 5.88 Å². The minimum atomic E-state index is 0.335. The Labute approximate surface area is 108 Å². The molecule has 1 heterocycles. The quantitative estimate of drug-likeness (QED) is 0.398. The average molecular weight is 254 g/mol. The molecule has 0 aliphatic carbocycles. The van der Waals surface area contributed by atoms with E-state index < -0.39 is 0 Å². The third kappa shape index (κ3) is 5.29. The van der Waals surface area contributed by atoms with Crippen molar-refractivity contribution in [2.75, 3.05) is 19.1 Å². The van der Waals surface area contributed by atoms with Crippen molar-refractivity contribution in [2.24, 2.45) is 5.84 Å². The lowest BCUT2D eigenvalue weighted by atomic mass is 10.2. The summed E-state index contributed by atoms with van der Waals surface area (Å²) in [6.45, 7) is 3.18. The second-order valence-corrected chi connectivity index (χ2v) is 3.99. The minimum Gasteiger partial charge on any atom is -0.478 e. The number of nitrogens with zero attached hydrogens (tertiary/aromatic N) is 2. The van der Waals surface area contributed by atoms with Gasteiger partial charge in [-0.05, 0) is 6.42 Å². The van der Waals surface area contributed by atoms with Crippen LogP contribution in [0, 0.1) is 0 Å². The first kappa shape index (κ1) is 14.7. The predicted octanol–water partition coefficient (Wildman–Crippen LogP) is 1.87. The Kier molecular flexibility index (Phi) is 7.05. The normalized spacial score (nSPS) is 10.4. The number of rotatable bonds is 9. The first-order chi connectivity index (χ1) is 8.80. The summed E-state index contributed by atoms with van der Waals surface area (Å²) in [6, 6.07) is 1.68. The van der Waals surface area contributed by atoms with Crippen LogP contribution in [0.25, 0.3) is 0 Å². The van der Waals surface area contributed by atoms with Crippen LogP contribution in [0.3, 0.4) is 0 Å². The smallest absolute Gasteiger partial charge is 0.218 e. The van der Waals surface area contributed by atoms with Crippen LogP contribution in [0.15, 0.2) is 6.07 Å². The van der Waals surface area contributed by atoms with E-state index >= 15 is 0 Å². The number of hydrogen-bond donors (Lipinski definition) is 2. The van der Waals surface area contributed by atoms with E-state index in [1.54, 1.807) is 13.2 Å². The molecule has 0 unspecified atom stereocenters. The van der Waals surface area contributed by atoms with Crippen LogP contribution in [0.4, 0.5) is 5.82 Å². The average Bonchev–Trinajstić information content (AvgIpc) is 2.38. The molecule has 0 aliphatic heterocycles. The highest BCUT2D eigenvalue weighted by molar-refractivity contribution is 5.36. The molecule has 1 aromatic rings. The lowest BCUT2D eigenvalue weighted by Crippen LogP contribution is -2.12. The largest absolute Gasteiger partial charge is 0.478 e. The van der Waals surface area contributed by atoms with Crippen LogP contribution >= 0.6 is 0 Å². The van der Waals surface area contributed by atoms with E-state index in [2.05, 4.69) is 22.3 Å². The van der Waals surface area contributed by atoms with E-state index in [0.717, 1.165) is 6.42 Å². The maximum absolute atomic E-state index is 5.58. The molecule has 1 aromatic heterocycles. The molecule has 0 aliphatic rings. The second kappa shape index (κ2) is 8.66. The first-order valence-electron chi connectivity index (χ1n) is 6.26. The first-order valence-corrected chi connectivity index (χ1v) is 6.26. The fraction of sp³-hybridized carbons (Fsp3) is 0.667. The second-order valence-electron chi connectivity index (χ2n) is 3.99. The summed E-state index contributed by atoms with van der Waals surface area (Å²) in [6.07, 6.45) is 4.65. The molecular formula is C12H22N4O2. The summed E-state index contributed by atoms with van der Waals surface area (Å²) in [5.41, 5.74) is 2.49. The number of hydrogen-bond acceptors (Lipinski definition) is 6. The maximum atomic E-state index is 5.58. The highest BCUT2D eigenvalue weighted by atomic mass is 16.5. The SMILES string of the molecule is CCCCCCOc1cc(NN)nc(COC)n1. The number of anilines is 1. The van der Waals surface area contributed by atoms with Crippen LogP contribution in [-0.2, 0) is 11.3 Å². The molecule has 0 saturated heterocycles. The van der Waals surface area contributed by atoms with Gasteiger partial charge in [-0.25, -0.2) is 10.8 Å². The molecule has 0 bridgehead atoms. The summed E-state index contributed by atoms with van der Waals surface area (Å²) in [4.78, 5) is 8.38. The van der Waals surface area contributed by atoms with E-state index in [-0.39, 0.29) is 0 Å². The van der Waals surface area contributed by atoms with Crippen molar-refractivity contribution in [3.05, 3.63) is 11.9 Å². The molecule has 0 fully saturated rings. The van der Waals surface area contributed by atoms with Gasteiger partial charge in [0.05, 0.1) is 6.61 Å². The van der Waals surface area contributed by atoms with Gasteiger partial charge >= 0.3 is 0 Å². The molecule has 0 aromatic carbocycles. The number of aromatic nitrogens is 2. The van der Waals surface area contributed by atoms with Crippen molar-refractivity contribution in [3.8, 4) is 5.88 Å². The van der Waals surface area contributed by atoms with E-state index in [9.17, 15) is 0 Å². The van der Waals surface area contributed by atoms with Crippen LogP contribution < -0.4 is 16.0 Å². The van der Waals surface area contributed by atoms with Crippen LogP contribution in [0.2, 0.25) is 0 Å². The molecule has 0 saturated carbocycles. The van der Waals surface area contributed by atoms with Crippen molar-refractivity contribution in [1.82, 2.24) is 9.97 Å². The van der Waals surface area contributed by atoms with Gasteiger partial charge in [-0.1, -0.05) is 26.2 Å². The Balaban J connectivity index is 2.50. The van der Waals surface area contributed by atoms with E-state index in [4.69, 9.17) is 15.3 Å². The van der Waals surface area contributed by atoms with Gasteiger partial charge in [-0.2, -0.15) is 4.98 Å². The van der Waals surface area contributed by atoms with E-state index in [0.29, 0.717) is 30.7 Å². The zero-order valence-corrected chi connectivity index (χ0v) is 11.1. The third-order valence-corrected chi connectivity index (χ3v) is 2.42. The number of ether oxygens (including phenoxy) is 2. The Bertz CT molecular complexity index is 347. The number of nitrogens with two attached hydrogens (primary N) is 1. The van der Waals surface area contributed by atoms with Gasteiger partial charge in [0.15, 0.2) is 5.82 Å². The molecule has 0 atom stereocenters. The van der Waals surface area contributed by atoms with Gasteiger partial charge in [0, 0.05) is 13.2 Å². The van der Waals surface area contributed by atoms with E-state index in [1.165, 1.54) is 19.3 Å². The molecule has 6 nitrogen and oxygen atoms in total. The summed E-state index contributed by atoms with van der Waals surface area (Å²) >= 11 is 0. The maximum Gasteiger partial charge on any atom is 0.218 e. The fourth-order valence-corrected chi connectivity index (χ4v) is 1.52. The van der Waals surface area contributed by atoms with Gasteiger partial charge in [0.1, 0.15) is 12.4 Å². The Morgan fingerprint density at radius 3 is 2.78 bits per heavy atom. The summed E-state index contributed by atoms with van der Waals surface area (Å²) in [7, 11) is 1.59. The standard InChI is InChI=1S/C12H22N4O2/c1-3-4-5-6-7-18-12-8-10(16-13)14-11(15-12)9-17-2/h8H,3-7,9,13H2,1-2H3,(H,14,15,16). The van der Waals surface area contributed by atoms with Gasteiger partial charge in [-0.3, -0.25) is 0 Å². The van der Waals surface area contributed by atoms with Crippen LogP contribution in [0.5, 0.6) is 5.88 Å². The molecule has 18 heavy (non-hydrogen) atoms. The third-order valence-electron chi connectivity index (χ3n) is 2.42. The Hall–Kier alpha value is -1.40. The molecule has 0 amide bonds. The van der Waals surface area contributed by atoms with Crippen molar-refractivity contribution in [2.45, 2.75) is 39.2 Å². The molecular weight excluding hydrogens is 232 g/mol. The summed E-state index contributed by atoms with van der Waals surface area (Å²) in [5.74, 6) is 6.95. The Morgan fingerprint density at radius 1 is 1.28 bits per heavy atom. The molecule has 0 radical (unpaired) electrons. The summed E-state index contributed by atoms with van der Waals surface area (Å²) in [5, 5.41) is 0. The monoisotopic (exact) mass is 254 g/mol. The van der Waals surface area contributed by atoms with Crippen molar-refractivity contribution >= 4 is 5.82 Å². The molecule has 3 N–H and O–H groups in total. The van der Waals surface area contributed by atoms with Gasteiger partial charge in [0.25, 0.3) is 0 Å². The molecule has 6 heteroatoms. The van der Waals surface area contributed by atoms with Crippen LogP contribution in [0.1, 0.15) is 38.4 Å². The predicted molar refractivity (Wildman–Crippen MR) is 70.2 cm³/mol. The van der Waals surface area contributed by atoms with Crippen LogP contribution in [-0.4, -0.2) is 23.7 Å². The van der Waals surface area contributed by atoms with Crippen molar-refractivity contribution < 1.29 is 9.47 Å². The lowest BCUT2D eigenvalue weighted by Gasteiger charge is -2.08. The summed E-state index contributed by atoms with van der Waals surface area (Å²) < 4.78 is 10.6. The van der Waals surface area contributed by atoms with Gasteiger partial charge < -0.3 is 14.9 Å². The molecule has 0 spiro atoms. The lowest BCUT2D eigenvalue weighted by molar-refractivity contribution is 0.176. The Morgan fingerprint density at radius 2 is 2.11 bits per heavy atom. The number of methoxy groups -OCH3 is 1. The number of hydrazine groups is 1. The highest BCUT2D eigenvalue weighted by Gasteiger charge is 2.04. The number of nitrogen functional groups attached to an aromatic ring is 1. The highest BCUT2D eigenvalue weighted by Crippen LogP contribution is 2.14. The van der Waals surface area contributed by atoms with Crippen molar-refractivity contribution in [1.29, 1.82) is 0 Å². The number of unbranched alkanes of at least 4 members (excludes halogenated alkanes) is 3.